The summed E-state index contributed by atoms with van der Waals surface area (Å²) in [5.74, 6) is 0.215. The van der Waals surface area contributed by atoms with Crippen LogP contribution >= 0.6 is 0 Å². The van der Waals surface area contributed by atoms with Gasteiger partial charge in [-0.15, -0.1) is 6.58 Å². The van der Waals surface area contributed by atoms with E-state index in [-0.39, 0.29) is 22.7 Å². The first-order valence-corrected chi connectivity index (χ1v) is 13.7. The van der Waals surface area contributed by atoms with Crippen molar-refractivity contribution in [1.29, 1.82) is 0 Å². The van der Waals surface area contributed by atoms with Crippen molar-refractivity contribution in [3.63, 3.8) is 0 Å². The first-order chi connectivity index (χ1) is 17.2. The molecule has 0 bridgehead atoms. The summed E-state index contributed by atoms with van der Waals surface area (Å²) in [6, 6.07) is 24.0. The molecule has 0 radical (unpaired) electrons. The zero-order valence-electron chi connectivity index (χ0n) is 21.2. The van der Waals surface area contributed by atoms with E-state index in [1.807, 2.05) is 48.5 Å². The third kappa shape index (κ3) is 5.33. The molecule has 0 aliphatic carbocycles. The number of para-hydroxylation sites is 1. The number of phenols is 1. The molecule has 3 atom stereocenters. The van der Waals surface area contributed by atoms with Crippen molar-refractivity contribution >= 4 is 15.7 Å². The number of sulfonamides is 1. The molecule has 0 spiro atoms. The SMILES string of the molecule is C=CCN1C[C@H](C)N([C@H](c2ccc(S(=O)(=O)N(C)c3ccccc3)cc2)c2cccc(O)c2)C[C@H]1C. The first-order valence-electron chi connectivity index (χ1n) is 12.3. The molecule has 1 heterocycles. The van der Waals surface area contributed by atoms with E-state index in [1.165, 1.54) is 4.31 Å². The Kier molecular flexibility index (Phi) is 7.83. The quantitative estimate of drug-likeness (QED) is 0.442. The summed E-state index contributed by atoms with van der Waals surface area (Å²) >= 11 is 0. The normalized spacial score (nSPS) is 20.1. The fourth-order valence-corrected chi connectivity index (χ4v) is 6.23. The standard InChI is InChI=1S/C29H35N3O3S/c1-5-18-31-20-23(3)32(21-22(31)2)29(25-10-9-13-27(33)19-25)24-14-16-28(17-15-24)36(34,35)30(4)26-11-7-6-8-12-26/h5-17,19,22-23,29,33H,1,18,20-21H2,2-4H3/t22-,23+,29-/m1/s1. The highest BCUT2D eigenvalue weighted by molar-refractivity contribution is 7.92. The second kappa shape index (κ2) is 10.9. The number of phenolic OH excluding ortho intramolecular Hbond substituents is 1. The lowest BCUT2D eigenvalue weighted by molar-refractivity contribution is 0.0306. The Bertz CT molecular complexity index is 1280. The van der Waals surface area contributed by atoms with E-state index in [4.69, 9.17) is 0 Å². The predicted molar refractivity (Wildman–Crippen MR) is 146 cm³/mol. The van der Waals surface area contributed by atoms with Crippen molar-refractivity contribution in [2.45, 2.75) is 36.9 Å². The van der Waals surface area contributed by atoms with Crippen LogP contribution in [-0.4, -0.2) is 62.1 Å². The van der Waals surface area contributed by atoms with Crippen LogP contribution in [0.4, 0.5) is 5.69 Å². The van der Waals surface area contributed by atoms with Gasteiger partial charge >= 0.3 is 0 Å². The molecule has 1 N–H and O–H groups in total. The first kappa shape index (κ1) is 25.9. The summed E-state index contributed by atoms with van der Waals surface area (Å²) in [4.78, 5) is 5.10. The van der Waals surface area contributed by atoms with Gasteiger partial charge in [-0.2, -0.15) is 0 Å². The van der Waals surface area contributed by atoms with Gasteiger partial charge in [-0.3, -0.25) is 14.1 Å². The average Bonchev–Trinajstić information content (AvgIpc) is 2.87. The van der Waals surface area contributed by atoms with E-state index >= 15 is 0 Å². The highest BCUT2D eigenvalue weighted by atomic mass is 32.2. The van der Waals surface area contributed by atoms with Gasteiger partial charge in [-0.25, -0.2) is 8.42 Å². The van der Waals surface area contributed by atoms with E-state index in [0.717, 1.165) is 30.8 Å². The minimum absolute atomic E-state index is 0.121. The summed E-state index contributed by atoms with van der Waals surface area (Å²) in [5, 5.41) is 10.2. The molecule has 3 aromatic rings. The van der Waals surface area contributed by atoms with Crippen LogP contribution < -0.4 is 4.31 Å². The van der Waals surface area contributed by atoms with Crippen LogP contribution in [0, 0.1) is 0 Å². The molecule has 1 aliphatic rings. The molecule has 190 valence electrons. The molecule has 1 fully saturated rings. The molecule has 36 heavy (non-hydrogen) atoms. The number of hydrogen-bond acceptors (Lipinski definition) is 5. The van der Waals surface area contributed by atoms with Gasteiger partial charge in [0, 0.05) is 38.8 Å². The van der Waals surface area contributed by atoms with Crippen molar-refractivity contribution in [2.75, 3.05) is 31.0 Å². The Morgan fingerprint density at radius 1 is 0.972 bits per heavy atom. The molecule has 7 heteroatoms. The third-order valence-corrected chi connectivity index (χ3v) is 8.82. The molecular formula is C29H35N3O3S. The number of hydrogen-bond donors (Lipinski definition) is 1. The number of nitrogens with zero attached hydrogens (tertiary/aromatic N) is 3. The van der Waals surface area contributed by atoms with Gasteiger partial charge < -0.3 is 5.11 Å². The molecule has 1 saturated heterocycles. The lowest BCUT2D eigenvalue weighted by atomic mass is 9.93. The van der Waals surface area contributed by atoms with Crippen LogP contribution in [0.2, 0.25) is 0 Å². The zero-order chi connectivity index (χ0) is 25.9. The lowest BCUT2D eigenvalue weighted by Crippen LogP contribution is -2.57. The van der Waals surface area contributed by atoms with E-state index in [2.05, 4.69) is 30.2 Å². The number of aromatic hydroxyl groups is 1. The topological polar surface area (TPSA) is 64.1 Å². The summed E-state index contributed by atoms with van der Waals surface area (Å²) in [5.41, 5.74) is 2.57. The number of piperazine rings is 1. The van der Waals surface area contributed by atoms with Crippen LogP contribution in [-0.2, 0) is 10.0 Å². The number of benzene rings is 3. The molecular weight excluding hydrogens is 470 g/mol. The maximum atomic E-state index is 13.3. The third-order valence-electron chi connectivity index (χ3n) is 7.02. The fraction of sp³-hybridized carbons (Fsp3) is 0.310. The molecule has 6 nitrogen and oxygen atoms in total. The minimum Gasteiger partial charge on any atom is -0.508 e. The van der Waals surface area contributed by atoms with E-state index < -0.39 is 10.0 Å². The van der Waals surface area contributed by atoms with Gasteiger partial charge in [0.05, 0.1) is 16.6 Å². The zero-order valence-corrected chi connectivity index (χ0v) is 22.0. The van der Waals surface area contributed by atoms with E-state index in [1.54, 1.807) is 43.4 Å². The predicted octanol–water partition coefficient (Wildman–Crippen LogP) is 4.89. The summed E-state index contributed by atoms with van der Waals surface area (Å²) in [6.45, 7) is 10.9. The van der Waals surface area contributed by atoms with E-state index in [9.17, 15) is 13.5 Å². The Hall–Kier alpha value is -3.13. The second-order valence-electron chi connectivity index (χ2n) is 9.51. The Balaban J connectivity index is 1.69. The van der Waals surface area contributed by atoms with Gasteiger partial charge in [0.2, 0.25) is 0 Å². The van der Waals surface area contributed by atoms with Crippen LogP contribution in [0.25, 0.3) is 0 Å². The van der Waals surface area contributed by atoms with Crippen molar-refractivity contribution in [2.24, 2.45) is 0 Å². The second-order valence-corrected chi connectivity index (χ2v) is 11.5. The molecule has 0 aromatic heterocycles. The van der Waals surface area contributed by atoms with Crippen molar-refractivity contribution in [1.82, 2.24) is 9.80 Å². The van der Waals surface area contributed by atoms with Gasteiger partial charge in [-0.05, 0) is 61.4 Å². The van der Waals surface area contributed by atoms with E-state index in [0.29, 0.717) is 11.7 Å². The summed E-state index contributed by atoms with van der Waals surface area (Å²) < 4.78 is 27.9. The molecule has 1 aliphatic heterocycles. The Morgan fingerprint density at radius 3 is 2.31 bits per heavy atom. The smallest absolute Gasteiger partial charge is 0.264 e. The Labute approximate surface area is 215 Å². The highest BCUT2D eigenvalue weighted by Crippen LogP contribution is 2.35. The maximum Gasteiger partial charge on any atom is 0.264 e. The van der Waals surface area contributed by atoms with Crippen molar-refractivity contribution in [3.05, 3.63) is 103 Å². The largest absolute Gasteiger partial charge is 0.508 e. The maximum absolute atomic E-state index is 13.3. The molecule has 0 unspecified atom stereocenters. The molecule has 0 amide bonds. The molecule has 0 saturated carbocycles. The van der Waals surface area contributed by atoms with Crippen molar-refractivity contribution < 1.29 is 13.5 Å². The summed E-state index contributed by atoms with van der Waals surface area (Å²) in [6.07, 6.45) is 1.94. The minimum atomic E-state index is -3.70. The van der Waals surface area contributed by atoms with Crippen LogP contribution in [0.3, 0.4) is 0 Å². The monoisotopic (exact) mass is 505 g/mol. The van der Waals surface area contributed by atoms with Gasteiger partial charge in [-0.1, -0.05) is 48.5 Å². The number of rotatable bonds is 8. The highest BCUT2D eigenvalue weighted by Gasteiger charge is 2.34. The van der Waals surface area contributed by atoms with Crippen LogP contribution in [0.5, 0.6) is 5.75 Å². The molecule has 3 aromatic carbocycles. The van der Waals surface area contributed by atoms with Gasteiger partial charge in [0.15, 0.2) is 0 Å². The molecule has 4 rings (SSSR count). The average molecular weight is 506 g/mol. The van der Waals surface area contributed by atoms with Gasteiger partial charge in [0.1, 0.15) is 5.75 Å². The fourth-order valence-electron chi connectivity index (χ4n) is 5.03. The van der Waals surface area contributed by atoms with Crippen molar-refractivity contribution in [3.8, 4) is 5.75 Å². The van der Waals surface area contributed by atoms with Crippen LogP contribution in [0.15, 0.2) is 96.4 Å². The van der Waals surface area contributed by atoms with Gasteiger partial charge in [0.25, 0.3) is 10.0 Å². The lowest BCUT2D eigenvalue weighted by Gasteiger charge is -2.47. The Morgan fingerprint density at radius 2 is 1.67 bits per heavy atom. The number of anilines is 1. The van der Waals surface area contributed by atoms with Crippen LogP contribution in [0.1, 0.15) is 31.0 Å². The summed E-state index contributed by atoms with van der Waals surface area (Å²) in [7, 11) is -2.13.